The molecular formula is C24H31ClN4O5S. The monoisotopic (exact) mass is 522 g/mol. The summed E-state index contributed by atoms with van der Waals surface area (Å²) in [6.45, 7) is 3.68. The first-order chi connectivity index (χ1) is 16.4. The van der Waals surface area contributed by atoms with Gasteiger partial charge in [0.05, 0.1) is 16.1 Å². The van der Waals surface area contributed by atoms with Gasteiger partial charge in [-0.2, -0.15) is 0 Å². The first-order valence-electron chi connectivity index (χ1n) is 11.6. The molecule has 9 nitrogen and oxygen atoms in total. The highest BCUT2D eigenvalue weighted by atomic mass is 35.5. The Morgan fingerprint density at radius 3 is 2.46 bits per heavy atom. The number of hydrogen-bond acceptors (Lipinski definition) is 6. The lowest BCUT2D eigenvalue weighted by molar-refractivity contribution is 0.0697. The normalized spacial score (nSPS) is 18.2. The average Bonchev–Trinajstić information content (AvgIpc) is 3.50. The van der Waals surface area contributed by atoms with Crippen molar-refractivity contribution in [2.75, 3.05) is 19.7 Å². The van der Waals surface area contributed by atoms with Crippen molar-refractivity contribution < 1.29 is 23.1 Å². The molecule has 0 unspecified atom stereocenters. The maximum absolute atomic E-state index is 13.5. The van der Waals surface area contributed by atoms with Crippen LogP contribution in [-0.4, -0.2) is 70.0 Å². The maximum atomic E-state index is 13.5. The van der Waals surface area contributed by atoms with Crippen LogP contribution in [0.4, 0.5) is 0 Å². The second-order valence-corrected chi connectivity index (χ2v) is 13.2. The minimum atomic E-state index is -3.74. The number of nitrogens with zero attached hydrogens (tertiary/aromatic N) is 2. The van der Waals surface area contributed by atoms with Crippen molar-refractivity contribution in [1.29, 1.82) is 0 Å². The van der Waals surface area contributed by atoms with E-state index in [-0.39, 0.29) is 18.4 Å². The number of aliphatic hydroxyl groups excluding tert-OH is 1. The topological polar surface area (TPSA) is 135 Å². The molecule has 1 aromatic carbocycles. The fraction of sp³-hybridized carbons (Fsp3) is 0.500. The summed E-state index contributed by atoms with van der Waals surface area (Å²) >= 11 is 5.90. The van der Waals surface area contributed by atoms with Crippen molar-refractivity contribution in [3.05, 3.63) is 58.4 Å². The molecule has 2 aromatic rings. The van der Waals surface area contributed by atoms with Crippen LogP contribution >= 0.6 is 11.6 Å². The van der Waals surface area contributed by atoms with Crippen molar-refractivity contribution in [1.82, 2.24) is 14.8 Å². The number of sulfone groups is 1. The van der Waals surface area contributed by atoms with Gasteiger partial charge in [0.2, 0.25) is 0 Å². The Morgan fingerprint density at radius 2 is 1.86 bits per heavy atom. The number of nitrogens with one attached hydrogen (secondary N) is 1. The van der Waals surface area contributed by atoms with E-state index < -0.39 is 32.0 Å². The van der Waals surface area contributed by atoms with Gasteiger partial charge in [0.1, 0.15) is 11.4 Å². The Bertz CT molecular complexity index is 1240. The van der Waals surface area contributed by atoms with Crippen LogP contribution in [0.2, 0.25) is 5.02 Å². The zero-order chi connectivity index (χ0) is 25.6. The fourth-order valence-corrected chi connectivity index (χ4v) is 7.26. The molecular weight excluding hydrogens is 492 g/mol. The average molecular weight is 523 g/mol. The number of nitrogens with two attached hydrogens (primary N) is 1. The molecule has 0 spiro atoms. The first kappa shape index (κ1) is 25.7. The third kappa shape index (κ3) is 4.48. The number of amides is 2. The number of benzene rings is 1. The van der Waals surface area contributed by atoms with Crippen molar-refractivity contribution >= 4 is 33.3 Å². The van der Waals surface area contributed by atoms with Gasteiger partial charge in [-0.3, -0.25) is 9.59 Å². The molecule has 1 aliphatic heterocycles. The van der Waals surface area contributed by atoms with Crippen molar-refractivity contribution in [3.8, 4) is 0 Å². The summed E-state index contributed by atoms with van der Waals surface area (Å²) in [7, 11) is -3.74. The standard InChI is InChI=1S/C24H31ClN4O5S/c1-23(2,20(26)14-30)35(33,34)24(9-10-24)15-28-11-12-29-18(7-8-19(29)22(28)32)21(31)27-13-16-3-5-17(25)6-4-16/h3-8,20,30H,9-15,26H2,1-2H3,(H,27,31)/t20-/m1/s1. The summed E-state index contributed by atoms with van der Waals surface area (Å²) in [5.41, 5.74) is 7.56. The van der Waals surface area contributed by atoms with E-state index in [2.05, 4.69) is 5.32 Å². The number of aromatic nitrogens is 1. The zero-order valence-electron chi connectivity index (χ0n) is 19.8. The Balaban J connectivity index is 1.47. The predicted octanol–water partition coefficient (Wildman–Crippen LogP) is 1.57. The fourth-order valence-electron chi connectivity index (χ4n) is 4.58. The number of hydrogen-bond donors (Lipinski definition) is 3. The van der Waals surface area contributed by atoms with Crippen molar-refractivity contribution in [3.63, 3.8) is 0 Å². The zero-order valence-corrected chi connectivity index (χ0v) is 21.4. The van der Waals surface area contributed by atoms with Gasteiger partial charge in [-0.1, -0.05) is 23.7 Å². The minimum Gasteiger partial charge on any atom is -0.395 e. The number of rotatable bonds is 9. The molecule has 4 N–H and O–H groups in total. The summed E-state index contributed by atoms with van der Waals surface area (Å²) in [5.74, 6) is -0.604. The summed E-state index contributed by atoms with van der Waals surface area (Å²) in [4.78, 5) is 27.6. The molecule has 0 saturated heterocycles. The number of fused-ring (bicyclic) bond motifs is 1. The third-order valence-corrected chi connectivity index (χ3v) is 10.9. The highest BCUT2D eigenvalue weighted by Gasteiger charge is 2.62. The summed E-state index contributed by atoms with van der Waals surface area (Å²) in [5, 5.41) is 12.9. The molecule has 0 radical (unpaired) electrons. The lowest BCUT2D eigenvalue weighted by Crippen LogP contribution is -2.57. The highest BCUT2D eigenvalue weighted by molar-refractivity contribution is 7.94. The maximum Gasteiger partial charge on any atom is 0.270 e. The van der Waals surface area contributed by atoms with Crippen LogP contribution < -0.4 is 11.1 Å². The van der Waals surface area contributed by atoms with Crippen LogP contribution in [-0.2, 0) is 22.9 Å². The number of halogens is 1. The molecule has 0 bridgehead atoms. The van der Waals surface area contributed by atoms with Gasteiger partial charge in [0.25, 0.3) is 11.8 Å². The summed E-state index contributed by atoms with van der Waals surface area (Å²) in [6.07, 6.45) is 0.889. The quantitative estimate of drug-likeness (QED) is 0.457. The molecule has 1 aliphatic carbocycles. The summed E-state index contributed by atoms with van der Waals surface area (Å²) in [6, 6.07) is 9.45. The highest BCUT2D eigenvalue weighted by Crippen LogP contribution is 2.49. The molecule has 190 valence electrons. The van der Waals surface area contributed by atoms with Gasteiger partial charge in [-0.25, -0.2) is 8.42 Å². The largest absolute Gasteiger partial charge is 0.395 e. The summed E-state index contributed by atoms with van der Waals surface area (Å²) < 4.78 is 26.2. The second kappa shape index (κ2) is 9.24. The van der Waals surface area contributed by atoms with E-state index in [9.17, 15) is 23.1 Å². The SMILES string of the molecule is CC(C)([C@H](N)CO)S(=O)(=O)C1(CN2CCn3c(C(=O)NCc4ccc(Cl)cc4)ccc3C2=O)CC1. The van der Waals surface area contributed by atoms with Crippen LogP contribution in [0.5, 0.6) is 0 Å². The predicted molar refractivity (Wildman–Crippen MR) is 133 cm³/mol. The smallest absolute Gasteiger partial charge is 0.270 e. The lowest BCUT2D eigenvalue weighted by Gasteiger charge is -2.37. The molecule has 2 heterocycles. The molecule has 1 fully saturated rings. The van der Waals surface area contributed by atoms with Gasteiger partial charge in [-0.15, -0.1) is 0 Å². The Kier molecular flexibility index (Phi) is 6.78. The van der Waals surface area contributed by atoms with Crippen LogP contribution in [0.3, 0.4) is 0 Å². The van der Waals surface area contributed by atoms with E-state index in [1.165, 1.54) is 13.8 Å². The van der Waals surface area contributed by atoms with E-state index >= 15 is 0 Å². The van der Waals surface area contributed by atoms with Crippen molar-refractivity contribution in [2.24, 2.45) is 5.73 Å². The Labute approximate surface area is 210 Å². The molecule has 11 heteroatoms. The molecule has 4 rings (SSSR count). The van der Waals surface area contributed by atoms with Crippen LogP contribution in [0.25, 0.3) is 0 Å². The van der Waals surface area contributed by atoms with Gasteiger partial charge in [0.15, 0.2) is 9.84 Å². The van der Waals surface area contributed by atoms with E-state index in [1.807, 2.05) is 12.1 Å². The van der Waals surface area contributed by atoms with Crippen LogP contribution in [0, 0.1) is 0 Å². The van der Waals surface area contributed by atoms with Gasteiger partial charge < -0.3 is 25.6 Å². The van der Waals surface area contributed by atoms with E-state index in [0.717, 1.165) is 5.56 Å². The van der Waals surface area contributed by atoms with Crippen molar-refractivity contribution in [2.45, 2.75) is 55.3 Å². The number of aliphatic hydroxyl groups is 1. The van der Waals surface area contributed by atoms with Crippen LogP contribution in [0.1, 0.15) is 53.2 Å². The Morgan fingerprint density at radius 1 is 1.20 bits per heavy atom. The molecule has 1 saturated carbocycles. The first-order valence-corrected chi connectivity index (χ1v) is 13.4. The van der Waals surface area contributed by atoms with Gasteiger partial charge in [0, 0.05) is 37.2 Å². The van der Waals surface area contributed by atoms with Crippen LogP contribution in [0.15, 0.2) is 36.4 Å². The third-order valence-electron chi connectivity index (χ3n) is 7.32. The van der Waals surface area contributed by atoms with E-state index in [4.69, 9.17) is 17.3 Å². The van der Waals surface area contributed by atoms with E-state index in [1.54, 1.807) is 33.7 Å². The lowest BCUT2D eigenvalue weighted by atomic mass is 10.1. The number of carbonyl (C=O) groups excluding carboxylic acids is 2. The number of carbonyl (C=O) groups is 2. The molecule has 2 amide bonds. The van der Waals surface area contributed by atoms with Gasteiger partial charge >= 0.3 is 0 Å². The molecule has 1 aromatic heterocycles. The second-order valence-electron chi connectivity index (χ2n) is 9.87. The molecule has 1 atom stereocenters. The van der Waals surface area contributed by atoms with Gasteiger partial charge in [-0.05, 0) is 56.5 Å². The minimum absolute atomic E-state index is 0.0685. The molecule has 2 aliphatic rings. The van der Waals surface area contributed by atoms with E-state index in [0.29, 0.717) is 48.9 Å². The Hall–Kier alpha value is -2.40. The molecule has 35 heavy (non-hydrogen) atoms.